The number of aromatic carboxylic acids is 2. The molecule has 0 fully saturated rings. The van der Waals surface area contributed by atoms with Crippen LogP contribution in [0.15, 0.2) is 59.4 Å². The van der Waals surface area contributed by atoms with E-state index in [1.807, 2.05) is 6.92 Å². The third kappa shape index (κ3) is 2.98. The fourth-order valence-corrected chi connectivity index (χ4v) is 2.60. The Balaban J connectivity index is 2.48. The molecule has 0 radical (unpaired) electrons. The van der Waals surface area contributed by atoms with Crippen LogP contribution in [0.25, 0.3) is 16.9 Å². The molecule has 7 nitrogen and oxygen atoms in total. The molecule has 0 saturated heterocycles. The molecule has 0 bridgehead atoms. The molecule has 0 saturated carbocycles. The maximum absolute atomic E-state index is 12.4. The summed E-state index contributed by atoms with van der Waals surface area (Å²) < 4.78 is 1.18. The quantitative estimate of drug-likeness (QED) is 0.748. The summed E-state index contributed by atoms with van der Waals surface area (Å²) in [6.07, 6.45) is 0. The van der Waals surface area contributed by atoms with Crippen molar-refractivity contribution in [2.45, 2.75) is 6.92 Å². The number of aromatic nitrogens is 2. The highest BCUT2D eigenvalue weighted by Crippen LogP contribution is 2.25. The first-order valence-electron chi connectivity index (χ1n) is 7.66. The zero-order valence-electron chi connectivity index (χ0n) is 13.7. The second-order valence-corrected chi connectivity index (χ2v) is 5.63. The largest absolute Gasteiger partial charge is 0.477 e. The number of hydrogen-bond acceptors (Lipinski definition) is 4. The van der Waals surface area contributed by atoms with Crippen LogP contribution in [0.4, 0.5) is 0 Å². The highest BCUT2D eigenvalue weighted by Gasteiger charge is 2.27. The van der Waals surface area contributed by atoms with Gasteiger partial charge in [-0.15, -0.1) is 0 Å². The van der Waals surface area contributed by atoms with Crippen molar-refractivity contribution in [3.63, 3.8) is 0 Å². The first-order valence-corrected chi connectivity index (χ1v) is 7.66. The summed E-state index contributed by atoms with van der Waals surface area (Å²) in [5.41, 5.74) is -0.740. The van der Waals surface area contributed by atoms with Crippen molar-refractivity contribution in [1.29, 1.82) is 0 Å². The summed E-state index contributed by atoms with van der Waals surface area (Å²) >= 11 is 0. The summed E-state index contributed by atoms with van der Waals surface area (Å²) in [5, 5.41) is 22.8. The van der Waals surface area contributed by atoms with Gasteiger partial charge in [0.1, 0.15) is 5.56 Å². The standard InChI is InChI=1S/C19H14N2O5/c1-11-7-9-13(10-8-11)21-16(12-5-3-2-4-6-12)14(18(23)24)17(22)15(20-21)19(25)26/h2-10H,1H3,(H,23,24)(H,25,26). The molecule has 0 unspecified atom stereocenters. The Kier molecular flexibility index (Phi) is 4.36. The number of nitrogens with zero attached hydrogens (tertiary/aromatic N) is 2. The van der Waals surface area contributed by atoms with Crippen molar-refractivity contribution in [3.05, 3.63) is 81.6 Å². The molecule has 130 valence electrons. The predicted octanol–water partition coefficient (Wildman–Crippen LogP) is 2.60. The fraction of sp³-hybridized carbons (Fsp3) is 0.0526. The van der Waals surface area contributed by atoms with E-state index >= 15 is 0 Å². The number of carboxylic acid groups (broad SMARTS) is 2. The van der Waals surface area contributed by atoms with Crippen LogP contribution in [0.1, 0.15) is 26.4 Å². The monoisotopic (exact) mass is 350 g/mol. The molecule has 7 heteroatoms. The van der Waals surface area contributed by atoms with Crippen molar-refractivity contribution >= 4 is 11.9 Å². The van der Waals surface area contributed by atoms with Crippen LogP contribution in [-0.4, -0.2) is 31.9 Å². The van der Waals surface area contributed by atoms with Gasteiger partial charge in [0, 0.05) is 5.56 Å². The van der Waals surface area contributed by atoms with E-state index in [4.69, 9.17) is 0 Å². The molecule has 0 atom stereocenters. The van der Waals surface area contributed by atoms with Crippen LogP contribution in [0.2, 0.25) is 0 Å². The third-order valence-corrected chi connectivity index (χ3v) is 3.83. The average Bonchev–Trinajstić information content (AvgIpc) is 2.62. The molecule has 26 heavy (non-hydrogen) atoms. The second kappa shape index (κ2) is 6.64. The lowest BCUT2D eigenvalue weighted by atomic mass is 10.0. The summed E-state index contributed by atoms with van der Waals surface area (Å²) in [6.45, 7) is 1.88. The second-order valence-electron chi connectivity index (χ2n) is 5.63. The van der Waals surface area contributed by atoms with Crippen molar-refractivity contribution in [1.82, 2.24) is 9.78 Å². The van der Waals surface area contributed by atoms with Crippen LogP contribution in [0, 0.1) is 6.92 Å². The van der Waals surface area contributed by atoms with Crippen molar-refractivity contribution < 1.29 is 19.8 Å². The van der Waals surface area contributed by atoms with E-state index in [0.717, 1.165) is 5.56 Å². The molecule has 0 amide bonds. The van der Waals surface area contributed by atoms with Gasteiger partial charge in [0.2, 0.25) is 11.1 Å². The van der Waals surface area contributed by atoms with Crippen LogP contribution < -0.4 is 5.43 Å². The van der Waals surface area contributed by atoms with Gasteiger partial charge >= 0.3 is 11.9 Å². The lowest BCUT2D eigenvalue weighted by molar-refractivity contribution is 0.0686. The van der Waals surface area contributed by atoms with Gasteiger partial charge in [0.05, 0.1) is 11.4 Å². The number of aryl methyl sites for hydroxylation is 1. The SMILES string of the molecule is Cc1ccc(-n2nc(C(=O)O)c(=O)c(C(=O)O)c2-c2ccccc2)cc1. The van der Waals surface area contributed by atoms with Gasteiger partial charge in [0.15, 0.2) is 0 Å². The molecular formula is C19H14N2O5. The molecule has 0 spiro atoms. The molecule has 3 rings (SSSR count). The van der Waals surface area contributed by atoms with E-state index in [1.165, 1.54) is 4.68 Å². The third-order valence-electron chi connectivity index (χ3n) is 3.83. The minimum Gasteiger partial charge on any atom is -0.477 e. The first-order chi connectivity index (χ1) is 12.4. The van der Waals surface area contributed by atoms with Gasteiger partial charge in [-0.2, -0.15) is 5.10 Å². The van der Waals surface area contributed by atoms with E-state index in [2.05, 4.69) is 5.10 Å². The van der Waals surface area contributed by atoms with E-state index in [9.17, 15) is 24.6 Å². The predicted molar refractivity (Wildman–Crippen MR) is 93.9 cm³/mol. The molecular weight excluding hydrogens is 336 g/mol. The number of carboxylic acids is 2. The molecule has 0 aliphatic carbocycles. The van der Waals surface area contributed by atoms with Gasteiger partial charge in [0.25, 0.3) is 0 Å². The van der Waals surface area contributed by atoms with Gasteiger partial charge in [-0.25, -0.2) is 14.3 Å². The van der Waals surface area contributed by atoms with Gasteiger partial charge < -0.3 is 10.2 Å². The van der Waals surface area contributed by atoms with Crippen LogP contribution in [-0.2, 0) is 0 Å². The Morgan fingerprint density at radius 2 is 1.54 bits per heavy atom. The van der Waals surface area contributed by atoms with Gasteiger partial charge in [-0.1, -0.05) is 48.0 Å². The summed E-state index contributed by atoms with van der Waals surface area (Å²) in [7, 11) is 0. The Hall–Kier alpha value is -3.74. The molecule has 3 aromatic rings. The van der Waals surface area contributed by atoms with E-state index in [1.54, 1.807) is 54.6 Å². The molecule has 2 aromatic carbocycles. The average molecular weight is 350 g/mol. The maximum atomic E-state index is 12.4. The number of benzene rings is 2. The van der Waals surface area contributed by atoms with Crippen LogP contribution in [0.5, 0.6) is 0 Å². The lowest BCUT2D eigenvalue weighted by Gasteiger charge is -2.16. The van der Waals surface area contributed by atoms with Gasteiger partial charge in [-0.3, -0.25) is 4.79 Å². The zero-order valence-corrected chi connectivity index (χ0v) is 13.7. The first kappa shape index (κ1) is 17.1. The summed E-state index contributed by atoms with van der Waals surface area (Å²) in [4.78, 5) is 35.7. The minimum atomic E-state index is -1.59. The van der Waals surface area contributed by atoms with Crippen LogP contribution >= 0.6 is 0 Å². The normalized spacial score (nSPS) is 10.5. The molecule has 0 aliphatic rings. The van der Waals surface area contributed by atoms with E-state index in [0.29, 0.717) is 11.3 Å². The van der Waals surface area contributed by atoms with Crippen LogP contribution in [0.3, 0.4) is 0 Å². The maximum Gasteiger partial charge on any atom is 0.360 e. The Bertz CT molecular complexity index is 1050. The highest BCUT2D eigenvalue weighted by molar-refractivity contribution is 5.97. The zero-order chi connectivity index (χ0) is 18.8. The Morgan fingerprint density at radius 1 is 0.923 bits per heavy atom. The number of carbonyl (C=O) groups is 2. The number of rotatable bonds is 4. The molecule has 1 heterocycles. The van der Waals surface area contributed by atoms with Gasteiger partial charge in [-0.05, 0) is 19.1 Å². The van der Waals surface area contributed by atoms with Crippen molar-refractivity contribution in [2.75, 3.05) is 0 Å². The number of hydrogen-bond donors (Lipinski definition) is 2. The molecule has 1 aromatic heterocycles. The lowest BCUT2D eigenvalue weighted by Crippen LogP contribution is -2.29. The summed E-state index contributed by atoms with van der Waals surface area (Å²) in [5.74, 6) is -3.10. The van der Waals surface area contributed by atoms with E-state index < -0.39 is 28.6 Å². The summed E-state index contributed by atoms with van der Waals surface area (Å²) in [6, 6.07) is 15.3. The Labute approximate surface area is 147 Å². The Morgan fingerprint density at radius 3 is 2.08 bits per heavy atom. The van der Waals surface area contributed by atoms with Crippen molar-refractivity contribution in [3.8, 4) is 16.9 Å². The fourth-order valence-electron chi connectivity index (χ4n) is 2.60. The smallest absolute Gasteiger partial charge is 0.360 e. The van der Waals surface area contributed by atoms with Crippen molar-refractivity contribution in [2.24, 2.45) is 0 Å². The molecule has 0 aliphatic heterocycles. The minimum absolute atomic E-state index is 0.0250. The highest BCUT2D eigenvalue weighted by atomic mass is 16.4. The van der Waals surface area contributed by atoms with E-state index in [-0.39, 0.29) is 5.69 Å². The molecule has 2 N–H and O–H groups in total. The topological polar surface area (TPSA) is 109 Å².